The van der Waals surface area contributed by atoms with Crippen molar-refractivity contribution < 1.29 is 0 Å². The second kappa shape index (κ2) is 5.34. The molecule has 0 unspecified atom stereocenters. The van der Waals surface area contributed by atoms with Gasteiger partial charge in [0.25, 0.3) is 0 Å². The van der Waals surface area contributed by atoms with Crippen LogP contribution in [0.5, 0.6) is 0 Å². The smallest absolute Gasteiger partial charge is 0.0801 e. The van der Waals surface area contributed by atoms with E-state index in [1.54, 1.807) is 0 Å². The summed E-state index contributed by atoms with van der Waals surface area (Å²) in [7, 11) is 0. The number of rotatable bonds is 0. The van der Waals surface area contributed by atoms with Crippen molar-refractivity contribution in [3.8, 4) is 22.3 Å². The molecule has 29 heavy (non-hydrogen) atoms. The lowest BCUT2D eigenvalue weighted by molar-refractivity contribution is 1.43. The first kappa shape index (κ1) is 15.5. The summed E-state index contributed by atoms with van der Waals surface area (Å²) in [6.07, 6.45) is 1.81. The summed E-state index contributed by atoms with van der Waals surface area (Å²) in [5, 5.41) is 9.25. The predicted molar refractivity (Wildman–Crippen MR) is 124 cm³/mol. The first-order valence-electron chi connectivity index (χ1n) is 9.76. The van der Waals surface area contributed by atoms with Gasteiger partial charge < -0.3 is 0 Å². The van der Waals surface area contributed by atoms with Gasteiger partial charge in [0.15, 0.2) is 0 Å². The Hall–Kier alpha value is -3.42. The SMILES string of the molecule is Clc1ccnc2c1ccc1ccc3ccc4c(c3c12)-c1c-4ccc2ccccc12. The molecule has 134 valence electrons. The van der Waals surface area contributed by atoms with Crippen molar-refractivity contribution in [3.05, 3.63) is 90.1 Å². The maximum Gasteiger partial charge on any atom is 0.0801 e. The van der Waals surface area contributed by atoms with Gasteiger partial charge in [0.2, 0.25) is 0 Å². The second-order valence-corrected chi connectivity index (χ2v) is 8.12. The van der Waals surface area contributed by atoms with Crippen LogP contribution in [0.4, 0.5) is 0 Å². The number of hydrogen-bond donors (Lipinski definition) is 0. The van der Waals surface area contributed by atoms with Crippen LogP contribution in [-0.4, -0.2) is 4.98 Å². The summed E-state index contributed by atoms with van der Waals surface area (Å²) in [4.78, 5) is 4.75. The average Bonchev–Trinajstić information content (AvgIpc) is 2.75. The first-order chi connectivity index (χ1) is 14.3. The Morgan fingerprint density at radius 2 is 1.24 bits per heavy atom. The standard InChI is InChI=1S/C27H14ClN/c28-22-13-14-29-27-21(22)12-9-17-6-5-16-8-11-20-19-10-7-15-3-1-2-4-18(15)25(19)26(20)23(16)24(17)27/h1-14H. The van der Waals surface area contributed by atoms with E-state index in [1.807, 2.05) is 12.3 Å². The Bertz CT molecular complexity index is 1660. The molecule has 1 nitrogen and oxygen atoms in total. The zero-order valence-electron chi connectivity index (χ0n) is 15.4. The third kappa shape index (κ3) is 1.88. The molecule has 0 saturated heterocycles. The van der Waals surface area contributed by atoms with Gasteiger partial charge in [-0.2, -0.15) is 0 Å². The molecule has 5 aromatic carbocycles. The first-order valence-corrected chi connectivity index (χ1v) is 10.1. The van der Waals surface area contributed by atoms with Crippen LogP contribution < -0.4 is 0 Å². The van der Waals surface area contributed by atoms with Crippen LogP contribution in [0.2, 0.25) is 5.02 Å². The van der Waals surface area contributed by atoms with E-state index in [9.17, 15) is 0 Å². The highest BCUT2D eigenvalue weighted by atomic mass is 35.5. The predicted octanol–water partition coefficient (Wildman–Crippen LogP) is 8.00. The normalized spacial score (nSPS) is 12.3. The van der Waals surface area contributed by atoms with Crippen molar-refractivity contribution in [1.29, 1.82) is 0 Å². The zero-order chi connectivity index (χ0) is 19.1. The number of benzene rings is 5. The molecule has 0 amide bonds. The molecule has 1 aliphatic carbocycles. The Morgan fingerprint density at radius 3 is 2.14 bits per heavy atom. The van der Waals surface area contributed by atoms with E-state index in [2.05, 4.69) is 72.8 Å². The summed E-state index contributed by atoms with van der Waals surface area (Å²) < 4.78 is 0. The molecule has 0 bridgehead atoms. The number of pyridine rings is 1. The molecule has 0 N–H and O–H groups in total. The summed E-state index contributed by atoms with van der Waals surface area (Å²) in [5.41, 5.74) is 6.33. The molecule has 1 aliphatic rings. The number of hydrogen-bond acceptors (Lipinski definition) is 1. The molecule has 1 heterocycles. The van der Waals surface area contributed by atoms with Gasteiger partial charge >= 0.3 is 0 Å². The molecule has 0 fully saturated rings. The lowest BCUT2D eigenvalue weighted by atomic mass is 9.74. The van der Waals surface area contributed by atoms with Gasteiger partial charge in [0.1, 0.15) is 0 Å². The fourth-order valence-corrected chi connectivity index (χ4v) is 5.20. The molecule has 0 atom stereocenters. The molecule has 6 aromatic rings. The number of aromatic nitrogens is 1. The molecular formula is C27H14ClN. The van der Waals surface area contributed by atoms with E-state index >= 15 is 0 Å². The van der Waals surface area contributed by atoms with Gasteiger partial charge in [-0.05, 0) is 49.9 Å². The fourth-order valence-electron chi connectivity index (χ4n) is 5.00. The van der Waals surface area contributed by atoms with Crippen LogP contribution in [0, 0.1) is 0 Å². The summed E-state index contributed by atoms with van der Waals surface area (Å²) in [5.74, 6) is 0. The largest absolute Gasteiger partial charge is 0.255 e. The van der Waals surface area contributed by atoms with E-state index in [1.165, 1.54) is 54.6 Å². The Kier molecular flexibility index (Phi) is 2.85. The summed E-state index contributed by atoms with van der Waals surface area (Å²) in [6.45, 7) is 0. The highest BCUT2D eigenvalue weighted by Gasteiger charge is 2.27. The minimum atomic E-state index is 0.745. The fraction of sp³-hybridized carbons (Fsp3) is 0. The van der Waals surface area contributed by atoms with E-state index in [0.29, 0.717) is 0 Å². The van der Waals surface area contributed by atoms with Crippen LogP contribution in [0.15, 0.2) is 85.1 Å². The minimum absolute atomic E-state index is 0.745. The van der Waals surface area contributed by atoms with Crippen LogP contribution in [-0.2, 0) is 0 Å². The van der Waals surface area contributed by atoms with Crippen LogP contribution in [0.25, 0.3) is 65.5 Å². The van der Waals surface area contributed by atoms with Crippen LogP contribution >= 0.6 is 11.6 Å². The molecule has 0 spiro atoms. The molecule has 2 heteroatoms. The molecule has 1 aromatic heterocycles. The van der Waals surface area contributed by atoms with Gasteiger partial charge in [-0.1, -0.05) is 84.4 Å². The summed E-state index contributed by atoms with van der Waals surface area (Å²) in [6, 6.07) is 28.1. The van der Waals surface area contributed by atoms with Crippen molar-refractivity contribution in [1.82, 2.24) is 4.98 Å². The zero-order valence-corrected chi connectivity index (χ0v) is 16.2. The third-order valence-electron chi connectivity index (χ3n) is 6.29. The highest BCUT2D eigenvalue weighted by molar-refractivity contribution is 6.37. The van der Waals surface area contributed by atoms with Gasteiger partial charge in [0, 0.05) is 22.4 Å². The van der Waals surface area contributed by atoms with Gasteiger partial charge in [-0.15, -0.1) is 0 Å². The van der Waals surface area contributed by atoms with Crippen LogP contribution in [0.3, 0.4) is 0 Å². The summed E-state index contributed by atoms with van der Waals surface area (Å²) >= 11 is 6.51. The van der Waals surface area contributed by atoms with Gasteiger partial charge in [0.05, 0.1) is 10.5 Å². The molecule has 0 saturated carbocycles. The monoisotopic (exact) mass is 387 g/mol. The molecule has 7 rings (SSSR count). The van der Waals surface area contributed by atoms with E-state index in [4.69, 9.17) is 16.6 Å². The van der Waals surface area contributed by atoms with Crippen molar-refractivity contribution in [2.45, 2.75) is 0 Å². The maximum absolute atomic E-state index is 6.51. The minimum Gasteiger partial charge on any atom is -0.255 e. The third-order valence-corrected chi connectivity index (χ3v) is 6.62. The average molecular weight is 388 g/mol. The van der Waals surface area contributed by atoms with E-state index < -0.39 is 0 Å². The Balaban J connectivity index is 1.74. The van der Waals surface area contributed by atoms with Crippen molar-refractivity contribution in [2.75, 3.05) is 0 Å². The Morgan fingerprint density at radius 1 is 0.552 bits per heavy atom. The number of fused-ring (bicyclic) bond motifs is 12. The van der Waals surface area contributed by atoms with Crippen molar-refractivity contribution >= 4 is 54.8 Å². The maximum atomic E-state index is 6.51. The topological polar surface area (TPSA) is 12.9 Å². The lowest BCUT2D eigenvalue weighted by Gasteiger charge is -2.28. The molecule has 0 aliphatic heterocycles. The van der Waals surface area contributed by atoms with E-state index in [-0.39, 0.29) is 0 Å². The number of halogens is 1. The van der Waals surface area contributed by atoms with E-state index in [0.717, 1.165) is 15.9 Å². The quantitative estimate of drug-likeness (QED) is 0.240. The van der Waals surface area contributed by atoms with Crippen molar-refractivity contribution in [3.63, 3.8) is 0 Å². The van der Waals surface area contributed by atoms with Crippen molar-refractivity contribution in [2.24, 2.45) is 0 Å². The van der Waals surface area contributed by atoms with Gasteiger partial charge in [-0.3, -0.25) is 4.98 Å². The van der Waals surface area contributed by atoms with Gasteiger partial charge in [-0.25, -0.2) is 0 Å². The highest BCUT2D eigenvalue weighted by Crippen LogP contribution is 2.55. The second-order valence-electron chi connectivity index (χ2n) is 7.71. The lowest BCUT2D eigenvalue weighted by Crippen LogP contribution is -2.01. The molecule has 0 radical (unpaired) electrons. The number of nitrogens with zero attached hydrogens (tertiary/aromatic N) is 1. The molecular weight excluding hydrogens is 374 g/mol. The Labute approximate surface area is 172 Å². The van der Waals surface area contributed by atoms with Crippen LogP contribution in [0.1, 0.15) is 0 Å².